The number of guanidine groups is 1. The third-order valence-electron chi connectivity index (χ3n) is 4.92. The Balaban J connectivity index is 1.76. The minimum Gasteiger partial charge on any atom is -0.357 e. The highest BCUT2D eigenvalue weighted by atomic mass is 32.2. The van der Waals surface area contributed by atoms with Gasteiger partial charge in [0.05, 0.1) is 11.4 Å². The first-order valence-electron chi connectivity index (χ1n) is 9.80. The van der Waals surface area contributed by atoms with Crippen LogP contribution in [0.15, 0.2) is 34.2 Å². The Morgan fingerprint density at radius 1 is 1.12 bits per heavy atom. The highest BCUT2D eigenvalue weighted by Gasteiger charge is 2.13. The van der Waals surface area contributed by atoms with Gasteiger partial charge in [-0.05, 0) is 37.0 Å². The number of hydrogen-bond acceptors (Lipinski definition) is 3. The lowest BCUT2D eigenvalue weighted by molar-refractivity contribution is 0.472. The molecule has 0 amide bonds. The van der Waals surface area contributed by atoms with Crippen LogP contribution in [0, 0.1) is 5.92 Å². The molecule has 0 aliphatic heterocycles. The second-order valence-corrected chi connectivity index (χ2v) is 9.20. The summed E-state index contributed by atoms with van der Waals surface area (Å²) < 4.78 is 23.0. The van der Waals surface area contributed by atoms with E-state index in [1.165, 1.54) is 51.2 Å². The second-order valence-electron chi connectivity index (χ2n) is 7.18. The molecule has 0 atom stereocenters. The molecule has 5 nitrogen and oxygen atoms in total. The number of unbranched alkanes of at least 4 members (excludes halogenated alkanes) is 1. The molecule has 1 aliphatic rings. The molecule has 0 radical (unpaired) electrons. The Morgan fingerprint density at radius 3 is 2.42 bits per heavy atom. The number of nitrogens with zero attached hydrogens (tertiary/aromatic N) is 1. The molecule has 146 valence electrons. The van der Waals surface area contributed by atoms with E-state index in [2.05, 4.69) is 22.5 Å². The molecule has 0 saturated heterocycles. The number of sulfone groups is 1. The van der Waals surface area contributed by atoms with Gasteiger partial charge in [0.1, 0.15) is 0 Å². The van der Waals surface area contributed by atoms with Gasteiger partial charge in [-0.2, -0.15) is 0 Å². The summed E-state index contributed by atoms with van der Waals surface area (Å²) in [5.41, 5.74) is 0.996. The lowest BCUT2D eigenvalue weighted by atomic mass is 10.0. The van der Waals surface area contributed by atoms with E-state index in [4.69, 9.17) is 0 Å². The summed E-state index contributed by atoms with van der Waals surface area (Å²) in [7, 11) is -3.14. The first-order chi connectivity index (χ1) is 12.5. The molecule has 26 heavy (non-hydrogen) atoms. The van der Waals surface area contributed by atoms with Crippen molar-refractivity contribution in [2.45, 2.75) is 63.3 Å². The van der Waals surface area contributed by atoms with Crippen LogP contribution in [0.25, 0.3) is 0 Å². The summed E-state index contributed by atoms with van der Waals surface area (Å²) in [5, 5.41) is 6.66. The summed E-state index contributed by atoms with van der Waals surface area (Å²) >= 11 is 0. The van der Waals surface area contributed by atoms with Crippen molar-refractivity contribution in [1.82, 2.24) is 10.6 Å². The van der Waals surface area contributed by atoms with Crippen LogP contribution < -0.4 is 10.6 Å². The highest BCUT2D eigenvalue weighted by Crippen LogP contribution is 2.28. The van der Waals surface area contributed by atoms with Crippen LogP contribution in [0.5, 0.6) is 0 Å². The maximum Gasteiger partial charge on any atom is 0.191 e. The number of benzene rings is 1. The summed E-state index contributed by atoms with van der Waals surface area (Å²) in [4.78, 5) is 4.94. The van der Waals surface area contributed by atoms with Gasteiger partial charge in [-0.1, -0.05) is 50.7 Å². The fraction of sp³-hybridized carbons (Fsp3) is 0.650. The largest absolute Gasteiger partial charge is 0.357 e. The van der Waals surface area contributed by atoms with E-state index >= 15 is 0 Å². The molecule has 1 fully saturated rings. The summed E-state index contributed by atoms with van der Waals surface area (Å²) in [6.45, 7) is 4.34. The van der Waals surface area contributed by atoms with Crippen molar-refractivity contribution in [1.29, 1.82) is 0 Å². The maximum absolute atomic E-state index is 11.5. The number of rotatable bonds is 9. The molecule has 0 spiro atoms. The van der Waals surface area contributed by atoms with E-state index in [0.29, 0.717) is 11.4 Å². The third-order valence-corrected chi connectivity index (χ3v) is 6.05. The van der Waals surface area contributed by atoms with Crippen molar-refractivity contribution in [3.8, 4) is 0 Å². The van der Waals surface area contributed by atoms with Crippen LogP contribution in [0.3, 0.4) is 0 Å². The van der Waals surface area contributed by atoms with Crippen molar-refractivity contribution in [3.05, 3.63) is 29.8 Å². The average molecular weight is 380 g/mol. The molecule has 2 rings (SSSR count). The van der Waals surface area contributed by atoms with E-state index in [1.807, 2.05) is 12.1 Å². The molecular formula is C20H33N3O2S. The van der Waals surface area contributed by atoms with Crippen LogP contribution in [-0.2, 0) is 16.4 Å². The lowest BCUT2D eigenvalue weighted by Gasteiger charge is -2.12. The van der Waals surface area contributed by atoms with Gasteiger partial charge in [0.15, 0.2) is 15.8 Å². The molecule has 0 unspecified atom stereocenters. The molecule has 0 bridgehead atoms. The van der Waals surface area contributed by atoms with Crippen molar-refractivity contribution < 1.29 is 8.42 Å². The Morgan fingerprint density at radius 2 is 1.81 bits per heavy atom. The van der Waals surface area contributed by atoms with Gasteiger partial charge in [-0.3, -0.25) is 0 Å². The maximum atomic E-state index is 11.5. The van der Waals surface area contributed by atoms with E-state index in [0.717, 1.165) is 30.5 Å². The van der Waals surface area contributed by atoms with Gasteiger partial charge in [-0.25, -0.2) is 13.4 Å². The zero-order valence-corrected chi connectivity index (χ0v) is 16.9. The fourth-order valence-corrected chi connectivity index (χ4v) is 4.05. The number of nitrogens with one attached hydrogen (secondary N) is 2. The van der Waals surface area contributed by atoms with E-state index in [-0.39, 0.29) is 0 Å². The van der Waals surface area contributed by atoms with Crippen LogP contribution in [0.1, 0.15) is 57.4 Å². The van der Waals surface area contributed by atoms with Gasteiger partial charge >= 0.3 is 0 Å². The molecule has 1 aromatic rings. The molecule has 1 aromatic carbocycles. The predicted octanol–water partition coefficient (Wildman–Crippen LogP) is 3.51. The summed E-state index contributed by atoms with van der Waals surface area (Å²) in [6.07, 6.45) is 10.7. The van der Waals surface area contributed by atoms with Crippen LogP contribution in [-0.4, -0.2) is 33.7 Å². The van der Waals surface area contributed by atoms with Crippen molar-refractivity contribution in [2.75, 3.05) is 19.3 Å². The zero-order valence-electron chi connectivity index (χ0n) is 16.1. The SMILES string of the molecule is CCNC(=NCc1ccc(S(C)(=O)=O)cc1)NCCCCC1CCCC1. The first-order valence-corrected chi connectivity index (χ1v) is 11.7. The standard InChI is InChI=1S/C20H33N3O2S/c1-3-21-20(22-15-7-6-10-17-8-4-5-9-17)23-16-18-11-13-19(14-12-18)26(2,24)25/h11-14,17H,3-10,15-16H2,1-2H3,(H2,21,22,23). The molecule has 1 aliphatic carbocycles. The topological polar surface area (TPSA) is 70.6 Å². The van der Waals surface area contributed by atoms with Crippen LogP contribution in [0.2, 0.25) is 0 Å². The molecular weight excluding hydrogens is 346 g/mol. The molecule has 0 aromatic heterocycles. The Bertz CT molecular complexity index is 663. The van der Waals surface area contributed by atoms with E-state index in [1.54, 1.807) is 12.1 Å². The Kier molecular flexibility index (Phi) is 8.42. The smallest absolute Gasteiger partial charge is 0.191 e. The van der Waals surface area contributed by atoms with Crippen LogP contribution in [0.4, 0.5) is 0 Å². The first kappa shape index (κ1) is 20.7. The third kappa shape index (κ3) is 7.36. The number of aliphatic imine (C=N–C) groups is 1. The van der Waals surface area contributed by atoms with E-state index < -0.39 is 9.84 Å². The summed E-state index contributed by atoms with van der Waals surface area (Å²) in [6, 6.07) is 6.93. The van der Waals surface area contributed by atoms with Gasteiger partial charge in [-0.15, -0.1) is 0 Å². The lowest BCUT2D eigenvalue weighted by Crippen LogP contribution is -2.37. The minimum absolute atomic E-state index is 0.345. The van der Waals surface area contributed by atoms with Gasteiger partial charge in [0, 0.05) is 19.3 Å². The molecule has 0 heterocycles. The zero-order chi connectivity index (χ0) is 18.8. The summed E-state index contributed by atoms with van der Waals surface area (Å²) in [5.74, 6) is 1.78. The number of hydrogen-bond donors (Lipinski definition) is 2. The molecule has 1 saturated carbocycles. The second kappa shape index (κ2) is 10.6. The monoisotopic (exact) mass is 379 g/mol. The minimum atomic E-state index is -3.14. The molecule has 6 heteroatoms. The van der Waals surface area contributed by atoms with Crippen molar-refractivity contribution >= 4 is 15.8 Å². The van der Waals surface area contributed by atoms with Gasteiger partial charge in [0.25, 0.3) is 0 Å². The molecule has 2 N–H and O–H groups in total. The quantitative estimate of drug-likeness (QED) is 0.391. The Labute approximate surface area is 158 Å². The average Bonchev–Trinajstić information content (AvgIpc) is 3.12. The Hall–Kier alpha value is -1.56. The van der Waals surface area contributed by atoms with E-state index in [9.17, 15) is 8.42 Å². The van der Waals surface area contributed by atoms with Gasteiger partial charge < -0.3 is 10.6 Å². The predicted molar refractivity (Wildman–Crippen MR) is 108 cm³/mol. The van der Waals surface area contributed by atoms with Crippen molar-refractivity contribution in [2.24, 2.45) is 10.9 Å². The van der Waals surface area contributed by atoms with Crippen LogP contribution >= 0.6 is 0 Å². The normalized spacial score (nSPS) is 16.0. The fourth-order valence-electron chi connectivity index (χ4n) is 3.42. The van der Waals surface area contributed by atoms with Crippen molar-refractivity contribution in [3.63, 3.8) is 0 Å². The highest BCUT2D eigenvalue weighted by molar-refractivity contribution is 7.90. The van der Waals surface area contributed by atoms with Gasteiger partial charge in [0.2, 0.25) is 0 Å².